The number of hydrogen-bond acceptors (Lipinski definition) is 4. The lowest BCUT2D eigenvalue weighted by Gasteiger charge is -2.06. The lowest BCUT2D eigenvalue weighted by molar-refractivity contribution is -0.139. The third kappa shape index (κ3) is 13.1. The maximum atomic E-state index is 11.1. The third-order valence-corrected chi connectivity index (χ3v) is 2.01. The van der Waals surface area contributed by atoms with Crippen LogP contribution in [-0.4, -0.2) is 38.9 Å². The quantitative estimate of drug-likeness (QED) is 0.362. The van der Waals surface area contributed by atoms with Crippen LogP contribution in [0.4, 0.5) is 0 Å². The van der Waals surface area contributed by atoms with E-state index in [0.29, 0.717) is 19.8 Å². The summed E-state index contributed by atoms with van der Waals surface area (Å²) >= 11 is 0. The Morgan fingerprint density at radius 3 is 2.59 bits per heavy atom. The number of ether oxygens (including phenoxy) is 2. The fourth-order valence-corrected chi connectivity index (χ4v) is 1.15. The van der Waals surface area contributed by atoms with Crippen molar-refractivity contribution in [2.75, 3.05) is 32.9 Å². The van der Waals surface area contributed by atoms with Crippen molar-refractivity contribution in [2.45, 2.75) is 33.6 Å². The van der Waals surface area contributed by atoms with Crippen molar-refractivity contribution in [2.24, 2.45) is 0 Å². The molecule has 0 aliphatic carbocycles. The minimum absolute atomic E-state index is 0.297. The summed E-state index contributed by atoms with van der Waals surface area (Å²) in [7, 11) is 0. The van der Waals surface area contributed by atoms with Crippen LogP contribution < -0.4 is 5.32 Å². The Balaban J connectivity index is 3.18. The Morgan fingerprint density at radius 2 is 1.94 bits per heavy atom. The summed E-state index contributed by atoms with van der Waals surface area (Å²) in [4.78, 5) is 11.1. The number of allylic oxidation sites excluding steroid dienone is 1. The van der Waals surface area contributed by atoms with E-state index >= 15 is 0 Å². The SMILES string of the molecule is CCCCNCCOCCOC(=O)C=C(C)C. The molecule has 0 atom stereocenters. The van der Waals surface area contributed by atoms with Gasteiger partial charge in [0.2, 0.25) is 0 Å². The first-order valence-electron chi connectivity index (χ1n) is 6.27. The summed E-state index contributed by atoms with van der Waals surface area (Å²) in [6, 6.07) is 0. The zero-order valence-corrected chi connectivity index (χ0v) is 11.3. The lowest BCUT2D eigenvalue weighted by atomic mass is 10.3. The second kappa shape index (κ2) is 11.6. The second-order valence-corrected chi connectivity index (χ2v) is 4.11. The van der Waals surface area contributed by atoms with Crippen molar-refractivity contribution in [3.8, 4) is 0 Å². The van der Waals surface area contributed by atoms with Crippen molar-refractivity contribution >= 4 is 5.97 Å². The maximum absolute atomic E-state index is 11.1. The molecule has 0 radical (unpaired) electrons. The Morgan fingerprint density at radius 1 is 1.18 bits per heavy atom. The van der Waals surface area contributed by atoms with Gasteiger partial charge in [-0.2, -0.15) is 0 Å². The monoisotopic (exact) mass is 243 g/mol. The van der Waals surface area contributed by atoms with Crippen molar-refractivity contribution in [1.82, 2.24) is 5.32 Å². The molecule has 0 saturated carbocycles. The average molecular weight is 243 g/mol. The van der Waals surface area contributed by atoms with Crippen LogP contribution >= 0.6 is 0 Å². The van der Waals surface area contributed by atoms with Crippen LogP contribution in [0.2, 0.25) is 0 Å². The fourth-order valence-electron chi connectivity index (χ4n) is 1.15. The van der Waals surface area contributed by atoms with Crippen molar-refractivity contribution in [3.05, 3.63) is 11.6 Å². The maximum Gasteiger partial charge on any atom is 0.330 e. The van der Waals surface area contributed by atoms with Crippen molar-refractivity contribution < 1.29 is 14.3 Å². The summed E-state index contributed by atoms with van der Waals surface area (Å²) in [5.74, 6) is -0.297. The van der Waals surface area contributed by atoms with Gasteiger partial charge in [-0.25, -0.2) is 4.79 Å². The molecule has 1 N–H and O–H groups in total. The summed E-state index contributed by atoms with van der Waals surface area (Å²) < 4.78 is 10.2. The van der Waals surface area contributed by atoms with Crippen LogP contribution in [0.25, 0.3) is 0 Å². The van der Waals surface area contributed by atoms with Gasteiger partial charge in [-0.05, 0) is 26.8 Å². The molecule has 0 spiro atoms. The normalized spacial score (nSPS) is 10.1. The highest BCUT2D eigenvalue weighted by molar-refractivity contribution is 5.82. The minimum atomic E-state index is -0.297. The molecule has 0 aromatic carbocycles. The number of esters is 1. The largest absolute Gasteiger partial charge is 0.460 e. The van der Waals surface area contributed by atoms with Gasteiger partial charge in [0.25, 0.3) is 0 Å². The van der Waals surface area contributed by atoms with Crippen LogP contribution in [-0.2, 0) is 14.3 Å². The highest BCUT2D eigenvalue weighted by atomic mass is 16.6. The number of carbonyl (C=O) groups excluding carboxylic acids is 1. The molecular weight excluding hydrogens is 218 g/mol. The predicted molar refractivity (Wildman–Crippen MR) is 69.0 cm³/mol. The number of rotatable bonds is 10. The van der Waals surface area contributed by atoms with E-state index in [1.54, 1.807) is 0 Å². The topological polar surface area (TPSA) is 47.6 Å². The Kier molecular flexibility index (Phi) is 11.0. The summed E-state index contributed by atoms with van der Waals surface area (Å²) in [5, 5.41) is 3.27. The zero-order chi connectivity index (χ0) is 12.9. The van der Waals surface area contributed by atoms with Gasteiger partial charge in [0.15, 0.2) is 0 Å². The molecule has 0 aliphatic heterocycles. The first-order chi connectivity index (χ1) is 8.16. The predicted octanol–water partition coefficient (Wildman–Crippen LogP) is 1.90. The number of carbonyl (C=O) groups is 1. The van der Waals surface area contributed by atoms with Gasteiger partial charge in [-0.3, -0.25) is 0 Å². The molecule has 17 heavy (non-hydrogen) atoms. The highest BCUT2D eigenvalue weighted by Crippen LogP contribution is 1.90. The van der Waals surface area contributed by atoms with Crippen LogP contribution in [0.5, 0.6) is 0 Å². The summed E-state index contributed by atoms with van der Waals surface area (Å²) in [6.07, 6.45) is 3.88. The molecular formula is C13H25NO3. The molecule has 0 aromatic heterocycles. The highest BCUT2D eigenvalue weighted by Gasteiger charge is 1.97. The Labute approximate surface area is 104 Å². The van der Waals surface area contributed by atoms with E-state index < -0.39 is 0 Å². The second-order valence-electron chi connectivity index (χ2n) is 4.11. The van der Waals surface area contributed by atoms with E-state index in [4.69, 9.17) is 9.47 Å². The first kappa shape index (κ1) is 16.1. The molecule has 0 unspecified atom stereocenters. The smallest absolute Gasteiger partial charge is 0.330 e. The van der Waals surface area contributed by atoms with Crippen molar-refractivity contribution in [3.63, 3.8) is 0 Å². The molecule has 0 fully saturated rings. The van der Waals surface area contributed by atoms with E-state index in [-0.39, 0.29) is 5.97 Å². The molecule has 0 aromatic rings. The van der Waals surface area contributed by atoms with Gasteiger partial charge in [0.05, 0.1) is 13.2 Å². The van der Waals surface area contributed by atoms with Gasteiger partial charge < -0.3 is 14.8 Å². The molecule has 0 aliphatic rings. The Hall–Kier alpha value is -0.870. The first-order valence-corrected chi connectivity index (χ1v) is 6.27. The summed E-state index contributed by atoms with van der Waals surface area (Å²) in [5.41, 5.74) is 0.941. The average Bonchev–Trinajstić information content (AvgIpc) is 2.26. The van der Waals surface area contributed by atoms with E-state index in [9.17, 15) is 4.79 Å². The molecule has 100 valence electrons. The molecule has 0 bridgehead atoms. The van der Waals surface area contributed by atoms with Crippen LogP contribution in [0.1, 0.15) is 33.6 Å². The van der Waals surface area contributed by atoms with Gasteiger partial charge in [-0.15, -0.1) is 0 Å². The molecule has 0 heterocycles. The van der Waals surface area contributed by atoms with Gasteiger partial charge in [0.1, 0.15) is 6.61 Å². The number of unbranched alkanes of at least 4 members (excludes halogenated alkanes) is 1. The van der Waals surface area contributed by atoms with Gasteiger partial charge in [0, 0.05) is 12.6 Å². The van der Waals surface area contributed by atoms with E-state index in [1.165, 1.54) is 18.9 Å². The van der Waals surface area contributed by atoms with E-state index in [2.05, 4.69) is 12.2 Å². The van der Waals surface area contributed by atoms with E-state index in [0.717, 1.165) is 18.7 Å². The Bertz CT molecular complexity index is 223. The minimum Gasteiger partial charge on any atom is -0.460 e. The van der Waals surface area contributed by atoms with E-state index in [1.807, 2.05) is 13.8 Å². The molecule has 4 heteroatoms. The van der Waals surface area contributed by atoms with Gasteiger partial charge in [-0.1, -0.05) is 18.9 Å². The summed E-state index contributed by atoms with van der Waals surface area (Å²) in [6.45, 7) is 9.20. The van der Waals surface area contributed by atoms with Gasteiger partial charge >= 0.3 is 5.97 Å². The fraction of sp³-hybridized carbons (Fsp3) is 0.769. The van der Waals surface area contributed by atoms with Crippen LogP contribution in [0.15, 0.2) is 11.6 Å². The molecule has 0 rings (SSSR count). The van der Waals surface area contributed by atoms with Crippen LogP contribution in [0, 0.1) is 0 Å². The number of nitrogens with one attached hydrogen (secondary N) is 1. The third-order valence-electron chi connectivity index (χ3n) is 2.01. The van der Waals surface area contributed by atoms with Crippen LogP contribution in [0.3, 0.4) is 0 Å². The molecule has 4 nitrogen and oxygen atoms in total. The molecule has 0 amide bonds. The lowest BCUT2D eigenvalue weighted by Crippen LogP contribution is -2.21. The van der Waals surface area contributed by atoms with Crippen molar-refractivity contribution in [1.29, 1.82) is 0 Å². The zero-order valence-electron chi connectivity index (χ0n) is 11.3. The standard InChI is InChI=1S/C13H25NO3/c1-4-5-6-14-7-8-16-9-10-17-13(15)11-12(2)3/h11,14H,4-10H2,1-3H3. The number of hydrogen-bond donors (Lipinski definition) is 1. The molecule has 0 saturated heterocycles.